The second kappa shape index (κ2) is 8.11. The first kappa shape index (κ1) is 20.6. The van der Waals surface area contributed by atoms with E-state index < -0.39 is 15.9 Å². The van der Waals surface area contributed by atoms with Crippen LogP contribution in [-0.4, -0.2) is 44.0 Å². The Kier molecular flexibility index (Phi) is 5.98. The number of carbonyl (C=O) groups excluding carboxylic acids is 2. The Morgan fingerprint density at radius 2 is 1.75 bits per heavy atom. The summed E-state index contributed by atoms with van der Waals surface area (Å²) in [5.41, 5.74) is 0.831. The molecule has 1 saturated heterocycles. The SMILES string of the molecule is CS(=O)(=O)c1ccc(NC(=O)C2CCCN2C(=O)c2ccc(Cl)c(Cl)c2)cc1. The normalized spacial score (nSPS) is 16.8. The van der Waals surface area contributed by atoms with Crippen molar-refractivity contribution in [1.82, 2.24) is 4.90 Å². The summed E-state index contributed by atoms with van der Waals surface area (Å²) in [5, 5.41) is 3.37. The molecule has 0 bridgehead atoms. The number of nitrogens with one attached hydrogen (secondary N) is 1. The summed E-state index contributed by atoms with van der Waals surface area (Å²) < 4.78 is 23.0. The van der Waals surface area contributed by atoms with Crippen LogP contribution in [0, 0.1) is 0 Å². The summed E-state index contributed by atoms with van der Waals surface area (Å²) in [6.07, 6.45) is 2.37. The third-order valence-electron chi connectivity index (χ3n) is 4.53. The molecule has 148 valence electrons. The lowest BCUT2D eigenvalue weighted by atomic mass is 10.1. The number of amides is 2. The van der Waals surface area contributed by atoms with E-state index in [1.165, 1.54) is 35.2 Å². The van der Waals surface area contributed by atoms with Crippen LogP contribution >= 0.6 is 23.2 Å². The number of halogens is 2. The van der Waals surface area contributed by atoms with Crippen molar-refractivity contribution >= 4 is 50.5 Å². The zero-order chi connectivity index (χ0) is 20.5. The highest BCUT2D eigenvalue weighted by molar-refractivity contribution is 7.90. The minimum Gasteiger partial charge on any atom is -0.327 e. The second-order valence-electron chi connectivity index (χ2n) is 6.57. The van der Waals surface area contributed by atoms with Gasteiger partial charge in [0.05, 0.1) is 14.9 Å². The number of anilines is 1. The minimum atomic E-state index is -3.31. The molecule has 0 spiro atoms. The fourth-order valence-corrected chi connectivity index (χ4v) is 4.02. The molecule has 2 amide bonds. The van der Waals surface area contributed by atoms with Gasteiger partial charge >= 0.3 is 0 Å². The first-order valence-corrected chi connectivity index (χ1v) is 11.2. The molecule has 1 unspecified atom stereocenters. The first-order valence-electron chi connectivity index (χ1n) is 8.54. The van der Waals surface area contributed by atoms with Gasteiger partial charge < -0.3 is 10.2 Å². The topological polar surface area (TPSA) is 83.6 Å². The molecule has 3 rings (SSSR count). The molecule has 6 nitrogen and oxygen atoms in total. The quantitative estimate of drug-likeness (QED) is 0.786. The van der Waals surface area contributed by atoms with E-state index in [0.29, 0.717) is 35.7 Å². The zero-order valence-electron chi connectivity index (χ0n) is 15.0. The molecule has 1 fully saturated rings. The predicted octanol–water partition coefficient (Wildman–Crippen LogP) is 3.64. The zero-order valence-corrected chi connectivity index (χ0v) is 17.3. The first-order chi connectivity index (χ1) is 13.2. The van der Waals surface area contributed by atoms with E-state index in [-0.39, 0.29) is 21.7 Å². The smallest absolute Gasteiger partial charge is 0.254 e. The molecule has 28 heavy (non-hydrogen) atoms. The highest BCUT2D eigenvalue weighted by atomic mass is 35.5. The van der Waals surface area contributed by atoms with E-state index in [1.807, 2.05) is 0 Å². The molecule has 1 N–H and O–H groups in total. The summed E-state index contributed by atoms with van der Waals surface area (Å²) in [4.78, 5) is 27.2. The van der Waals surface area contributed by atoms with Crippen LogP contribution in [0.15, 0.2) is 47.4 Å². The van der Waals surface area contributed by atoms with Crippen LogP contribution in [0.25, 0.3) is 0 Å². The van der Waals surface area contributed by atoms with Gasteiger partial charge in [-0.15, -0.1) is 0 Å². The van der Waals surface area contributed by atoms with Crippen molar-refractivity contribution < 1.29 is 18.0 Å². The van der Waals surface area contributed by atoms with E-state index >= 15 is 0 Å². The van der Waals surface area contributed by atoms with Gasteiger partial charge in [-0.25, -0.2) is 8.42 Å². The fourth-order valence-electron chi connectivity index (χ4n) is 3.09. The number of hydrogen-bond acceptors (Lipinski definition) is 4. The van der Waals surface area contributed by atoms with Crippen molar-refractivity contribution in [1.29, 1.82) is 0 Å². The van der Waals surface area contributed by atoms with Crippen molar-refractivity contribution in [2.45, 2.75) is 23.8 Å². The standard InChI is InChI=1S/C19H18Cl2N2O4S/c1-28(26,27)14-7-5-13(6-8-14)22-18(24)17-3-2-10-23(17)19(25)12-4-9-15(20)16(21)11-12/h4-9,11,17H,2-3,10H2,1H3,(H,22,24). The number of rotatable bonds is 4. The molecule has 1 atom stereocenters. The molecular weight excluding hydrogens is 423 g/mol. The average Bonchev–Trinajstić information content (AvgIpc) is 3.13. The summed E-state index contributed by atoms with van der Waals surface area (Å²) in [7, 11) is -3.31. The Bertz CT molecular complexity index is 1020. The molecule has 0 saturated carbocycles. The second-order valence-corrected chi connectivity index (χ2v) is 9.40. The third-order valence-corrected chi connectivity index (χ3v) is 6.40. The number of benzene rings is 2. The molecule has 0 radical (unpaired) electrons. The average molecular weight is 441 g/mol. The van der Waals surface area contributed by atoms with Crippen molar-refractivity contribution in [2.24, 2.45) is 0 Å². The van der Waals surface area contributed by atoms with Gasteiger partial charge in [0.1, 0.15) is 6.04 Å². The molecule has 0 aromatic heterocycles. The van der Waals surface area contributed by atoms with Gasteiger partial charge in [-0.05, 0) is 55.3 Å². The van der Waals surface area contributed by atoms with Crippen LogP contribution in [0.5, 0.6) is 0 Å². The van der Waals surface area contributed by atoms with Crippen LogP contribution in [0.4, 0.5) is 5.69 Å². The van der Waals surface area contributed by atoms with Gasteiger partial charge in [0.2, 0.25) is 5.91 Å². The predicted molar refractivity (Wildman–Crippen MR) is 109 cm³/mol. The lowest BCUT2D eigenvalue weighted by Crippen LogP contribution is -2.43. The number of hydrogen-bond donors (Lipinski definition) is 1. The van der Waals surface area contributed by atoms with Gasteiger partial charge in [-0.3, -0.25) is 9.59 Å². The molecular formula is C19H18Cl2N2O4S. The molecule has 1 heterocycles. The maximum atomic E-state index is 12.8. The summed E-state index contributed by atoms with van der Waals surface area (Å²) in [6.45, 7) is 0.462. The summed E-state index contributed by atoms with van der Waals surface area (Å²) >= 11 is 11.9. The fraction of sp³-hybridized carbons (Fsp3) is 0.263. The number of carbonyl (C=O) groups is 2. The monoisotopic (exact) mass is 440 g/mol. The van der Waals surface area contributed by atoms with Crippen LogP contribution in [0.2, 0.25) is 10.0 Å². The van der Waals surface area contributed by atoms with Crippen LogP contribution in [-0.2, 0) is 14.6 Å². The van der Waals surface area contributed by atoms with E-state index in [0.717, 1.165) is 6.26 Å². The van der Waals surface area contributed by atoms with Gasteiger partial charge in [0.15, 0.2) is 9.84 Å². The van der Waals surface area contributed by atoms with Gasteiger partial charge in [-0.2, -0.15) is 0 Å². The maximum absolute atomic E-state index is 12.8. The Hall–Kier alpha value is -2.09. The molecule has 1 aliphatic rings. The van der Waals surface area contributed by atoms with E-state index in [2.05, 4.69) is 5.32 Å². The highest BCUT2D eigenvalue weighted by Gasteiger charge is 2.34. The van der Waals surface area contributed by atoms with Crippen molar-refractivity contribution in [3.05, 3.63) is 58.1 Å². The molecule has 2 aromatic rings. The van der Waals surface area contributed by atoms with Crippen molar-refractivity contribution in [3.63, 3.8) is 0 Å². The van der Waals surface area contributed by atoms with Gasteiger partial charge in [-0.1, -0.05) is 23.2 Å². The van der Waals surface area contributed by atoms with Crippen LogP contribution in [0.3, 0.4) is 0 Å². The highest BCUT2D eigenvalue weighted by Crippen LogP contribution is 2.26. The lowest BCUT2D eigenvalue weighted by Gasteiger charge is -2.24. The largest absolute Gasteiger partial charge is 0.327 e. The minimum absolute atomic E-state index is 0.169. The summed E-state index contributed by atoms with van der Waals surface area (Å²) in [5.74, 6) is -0.610. The van der Waals surface area contributed by atoms with Crippen molar-refractivity contribution in [3.8, 4) is 0 Å². The molecule has 0 aliphatic carbocycles. The number of sulfone groups is 1. The van der Waals surface area contributed by atoms with Crippen LogP contribution in [0.1, 0.15) is 23.2 Å². The van der Waals surface area contributed by atoms with E-state index in [1.54, 1.807) is 12.1 Å². The van der Waals surface area contributed by atoms with Gasteiger partial charge in [0.25, 0.3) is 5.91 Å². The molecule has 1 aliphatic heterocycles. The number of likely N-dealkylation sites (tertiary alicyclic amines) is 1. The molecule has 9 heteroatoms. The Balaban J connectivity index is 1.74. The molecule has 2 aromatic carbocycles. The Morgan fingerprint density at radius 3 is 2.36 bits per heavy atom. The lowest BCUT2D eigenvalue weighted by molar-refractivity contribution is -0.119. The van der Waals surface area contributed by atoms with E-state index in [9.17, 15) is 18.0 Å². The van der Waals surface area contributed by atoms with Gasteiger partial charge in [0, 0.05) is 24.1 Å². The Morgan fingerprint density at radius 1 is 1.07 bits per heavy atom. The van der Waals surface area contributed by atoms with Crippen LogP contribution < -0.4 is 5.32 Å². The third kappa shape index (κ3) is 4.48. The van der Waals surface area contributed by atoms with Crippen molar-refractivity contribution in [2.75, 3.05) is 18.1 Å². The summed E-state index contributed by atoms with van der Waals surface area (Å²) in [6, 6.07) is 9.90. The Labute approximate surface area is 173 Å². The maximum Gasteiger partial charge on any atom is 0.254 e. The van der Waals surface area contributed by atoms with E-state index in [4.69, 9.17) is 23.2 Å². The number of nitrogens with zero attached hydrogens (tertiary/aromatic N) is 1.